The molecular weight excluding hydrogens is 232 g/mol. The zero-order chi connectivity index (χ0) is 13.0. The highest BCUT2D eigenvalue weighted by atomic mass is 16.3. The van der Waals surface area contributed by atoms with E-state index in [1.54, 1.807) is 0 Å². The number of hydrogen-bond acceptors (Lipinski definition) is 3. The largest absolute Gasteiger partial charge is 0.504 e. The summed E-state index contributed by atoms with van der Waals surface area (Å²) in [5.74, 6) is -1.10. The van der Waals surface area contributed by atoms with E-state index in [0.29, 0.717) is 13.1 Å². The molecule has 1 heterocycles. The van der Waals surface area contributed by atoms with Gasteiger partial charge < -0.3 is 20.1 Å². The van der Waals surface area contributed by atoms with E-state index in [4.69, 9.17) is 0 Å². The van der Waals surface area contributed by atoms with Crippen LogP contribution in [0.1, 0.15) is 10.4 Å². The van der Waals surface area contributed by atoms with E-state index in [1.165, 1.54) is 18.2 Å². The molecule has 5 heteroatoms. The van der Waals surface area contributed by atoms with Gasteiger partial charge in [-0.2, -0.15) is 0 Å². The quantitative estimate of drug-likeness (QED) is 0.712. The summed E-state index contributed by atoms with van der Waals surface area (Å²) in [6.07, 6.45) is 3.80. The smallest absolute Gasteiger partial charge is 0.255 e. The molecule has 0 saturated heterocycles. The number of benzene rings is 1. The number of hydrogen-bond donors (Lipinski definition) is 3. The van der Waals surface area contributed by atoms with Gasteiger partial charge in [0.1, 0.15) is 0 Å². The van der Waals surface area contributed by atoms with Crippen molar-refractivity contribution in [3.05, 3.63) is 48.3 Å². The van der Waals surface area contributed by atoms with Crippen molar-refractivity contribution in [2.45, 2.75) is 6.54 Å². The average molecular weight is 246 g/mol. The number of nitrogens with one attached hydrogen (secondary N) is 1. The highest BCUT2D eigenvalue weighted by molar-refractivity contribution is 5.97. The Morgan fingerprint density at radius 3 is 2.61 bits per heavy atom. The number of aromatic nitrogens is 1. The Balaban J connectivity index is 1.93. The van der Waals surface area contributed by atoms with Crippen LogP contribution in [0.4, 0.5) is 0 Å². The van der Waals surface area contributed by atoms with Gasteiger partial charge in [-0.05, 0) is 24.3 Å². The maximum absolute atomic E-state index is 11.8. The molecule has 0 atom stereocenters. The summed E-state index contributed by atoms with van der Waals surface area (Å²) in [6.45, 7) is 1.10. The molecule has 18 heavy (non-hydrogen) atoms. The highest BCUT2D eigenvalue weighted by Crippen LogP contribution is 2.27. The first-order chi connectivity index (χ1) is 8.68. The Labute approximate surface area is 104 Å². The Morgan fingerprint density at radius 1 is 1.17 bits per heavy atom. The number of para-hydroxylation sites is 1. The molecule has 1 aromatic heterocycles. The number of aromatic hydroxyl groups is 2. The SMILES string of the molecule is O=C(NCCn1cccc1)c1cccc(O)c1O. The molecule has 0 fully saturated rings. The fourth-order valence-corrected chi connectivity index (χ4v) is 1.63. The van der Waals surface area contributed by atoms with Crippen molar-refractivity contribution in [3.8, 4) is 11.5 Å². The molecule has 2 rings (SSSR count). The van der Waals surface area contributed by atoms with E-state index in [1.807, 2.05) is 29.1 Å². The number of carbonyl (C=O) groups is 1. The van der Waals surface area contributed by atoms with Gasteiger partial charge in [-0.3, -0.25) is 4.79 Å². The third kappa shape index (κ3) is 2.63. The number of phenolic OH excluding ortho intramolecular Hbond substituents is 2. The van der Waals surface area contributed by atoms with Gasteiger partial charge in [0.05, 0.1) is 5.56 Å². The summed E-state index contributed by atoms with van der Waals surface area (Å²) in [7, 11) is 0. The lowest BCUT2D eigenvalue weighted by Gasteiger charge is -2.08. The van der Waals surface area contributed by atoms with Gasteiger partial charge in [0, 0.05) is 25.5 Å². The Hall–Kier alpha value is -2.43. The van der Waals surface area contributed by atoms with Gasteiger partial charge in [-0.1, -0.05) is 6.07 Å². The summed E-state index contributed by atoms with van der Waals surface area (Å²) in [6, 6.07) is 8.10. The fourth-order valence-electron chi connectivity index (χ4n) is 1.63. The van der Waals surface area contributed by atoms with Crippen molar-refractivity contribution < 1.29 is 15.0 Å². The van der Waals surface area contributed by atoms with Crippen LogP contribution in [0.15, 0.2) is 42.7 Å². The second kappa shape index (κ2) is 5.27. The molecule has 0 bridgehead atoms. The topological polar surface area (TPSA) is 74.5 Å². The van der Waals surface area contributed by atoms with Crippen LogP contribution in [0.3, 0.4) is 0 Å². The third-order valence-electron chi connectivity index (χ3n) is 2.58. The monoisotopic (exact) mass is 246 g/mol. The van der Waals surface area contributed by atoms with E-state index in [0.717, 1.165) is 0 Å². The molecule has 0 spiro atoms. The van der Waals surface area contributed by atoms with Crippen LogP contribution in [-0.2, 0) is 6.54 Å². The lowest BCUT2D eigenvalue weighted by Crippen LogP contribution is -2.27. The lowest BCUT2D eigenvalue weighted by atomic mass is 10.1. The van der Waals surface area contributed by atoms with Crippen LogP contribution in [0.2, 0.25) is 0 Å². The van der Waals surface area contributed by atoms with E-state index < -0.39 is 11.7 Å². The molecule has 5 nitrogen and oxygen atoms in total. The first kappa shape index (κ1) is 12.0. The molecule has 0 aliphatic carbocycles. The van der Waals surface area contributed by atoms with E-state index in [-0.39, 0.29) is 11.3 Å². The summed E-state index contributed by atoms with van der Waals surface area (Å²) >= 11 is 0. The molecule has 0 radical (unpaired) electrons. The summed E-state index contributed by atoms with van der Waals surface area (Å²) in [5, 5.41) is 21.5. The maximum atomic E-state index is 11.8. The zero-order valence-corrected chi connectivity index (χ0v) is 9.71. The van der Waals surface area contributed by atoms with Crippen molar-refractivity contribution in [2.24, 2.45) is 0 Å². The van der Waals surface area contributed by atoms with Crippen molar-refractivity contribution >= 4 is 5.91 Å². The average Bonchev–Trinajstić information content (AvgIpc) is 2.85. The Morgan fingerprint density at radius 2 is 1.89 bits per heavy atom. The molecular formula is C13H14N2O3. The number of amides is 1. The number of phenols is 2. The second-order valence-electron chi connectivity index (χ2n) is 3.85. The predicted octanol–water partition coefficient (Wildman–Crippen LogP) is 1.33. The van der Waals surface area contributed by atoms with Crippen LogP contribution in [0.5, 0.6) is 11.5 Å². The molecule has 94 valence electrons. The van der Waals surface area contributed by atoms with E-state index >= 15 is 0 Å². The Kier molecular flexibility index (Phi) is 3.52. The van der Waals surface area contributed by atoms with Crippen molar-refractivity contribution in [3.63, 3.8) is 0 Å². The summed E-state index contributed by atoms with van der Waals surface area (Å²) in [4.78, 5) is 11.8. The van der Waals surface area contributed by atoms with Crippen LogP contribution < -0.4 is 5.32 Å². The zero-order valence-electron chi connectivity index (χ0n) is 9.71. The van der Waals surface area contributed by atoms with Crippen molar-refractivity contribution in [1.29, 1.82) is 0 Å². The Bertz CT molecular complexity index is 535. The molecule has 3 N–H and O–H groups in total. The first-order valence-electron chi connectivity index (χ1n) is 5.58. The van der Waals surface area contributed by atoms with Crippen LogP contribution in [-0.4, -0.2) is 27.2 Å². The standard InChI is InChI=1S/C13H14N2O3/c16-11-5-3-4-10(12(11)17)13(18)14-6-9-15-7-1-2-8-15/h1-5,7-8,16-17H,6,9H2,(H,14,18). The molecule has 1 aromatic carbocycles. The van der Waals surface area contributed by atoms with E-state index in [9.17, 15) is 15.0 Å². The van der Waals surface area contributed by atoms with Crippen molar-refractivity contribution in [2.75, 3.05) is 6.54 Å². The molecule has 0 saturated carbocycles. The maximum Gasteiger partial charge on any atom is 0.255 e. The normalized spacial score (nSPS) is 10.2. The van der Waals surface area contributed by atoms with E-state index in [2.05, 4.69) is 5.32 Å². The van der Waals surface area contributed by atoms with Gasteiger partial charge >= 0.3 is 0 Å². The van der Waals surface area contributed by atoms with Gasteiger partial charge in [-0.15, -0.1) is 0 Å². The van der Waals surface area contributed by atoms with Crippen LogP contribution >= 0.6 is 0 Å². The van der Waals surface area contributed by atoms with Crippen molar-refractivity contribution in [1.82, 2.24) is 9.88 Å². The van der Waals surface area contributed by atoms with Gasteiger partial charge in [0.15, 0.2) is 11.5 Å². The molecule has 2 aromatic rings. The third-order valence-corrected chi connectivity index (χ3v) is 2.58. The predicted molar refractivity (Wildman–Crippen MR) is 66.5 cm³/mol. The van der Waals surface area contributed by atoms with Crippen LogP contribution in [0, 0.1) is 0 Å². The highest BCUT2D eigenvalue weighted by Gasteiger charge is 2.12. The number of rotatable bonds is 4. The first-order valence-corrected chi connectivity index (χ1v) is 5.58. The fraction of sp³-hybridized carbons (Fsp3) is 0.154. The molecule has 0 unspecified atom stereocenters. The number of carbonyl (C=O) groups excluding carboxylic acids is 1. The molecule has 0 aliphatic rings. The minimum atomic E-state index is -0.407. The summed E-state index contributed by atoms with van der Waals surface area (Å²) in [5.41, 5.74) is 0.0718. The lowest BCUT2D eigenvalue weighted by molar-refractivity contribution is 0.0949. The summed E-state index contributed by atoms with van der Waals surface area (Å²) < 4.78 is 1.93. The van der Waals surface area contributed by atoms with Gasteiger partial charge in [-0.25, -0.2) is 0 Å². The molecule has 0 aliphatic heterocycles. The minimum absolute atomic E-state index is 0.0718. The van der Waals surface area contributed by atoms with Gasteiger partial charge in [0.2, 0.25) is 0 Å². The van der Waals surface area contributed by atoms with Crippen LogP contribution in [0.25, 0.3) is 0 Å². The minimum Gasteiger partial charge on any atom is -0.504 e. The van der Waals surface area contributed by atoms with Gasteiger partial charge in [0.25, 0.3) is 5.91 Å². The second-order valence-corrected chi connectivity index (χ2v) is 3.85. The molecule has 1 amide bonds. The number of nitrogens with zero attached hydrogens (tertiary/aromatic N) is 1.